The number of nitrogens with zero attached hydrogens (tertiary/aromatic N) is 6. The largest absolute Gasteiger partial charge is 0.296 e. The molecule has 1 aromatic carbocycles. The molecule has 4 rings (SSSR count). The molecule has 122 valence electrons. The topological polar surface area (TPSA) is 79.2 Å². The summed E-state index contributed by atoms with van der Waals surface area (Å²) in [6.07, 6.45) is 1.79. The van der Waals surface area contributed by atoms with Gasteiger partial charge in [-0.2, -0.15) is 5.26 Å². The van der Waals surface area contributed by atoms with E-state index in [1.165, 1.54) is 0 Å². The fraction of sp³-hybridized carbons (Fsp3) is 0.412. The number of piperidine rings is 1. The van der Waals surface area contributed by atoms with Gasteiger partial charge in [-0.3, -0.25) is 18.7 Å². The van der Waals surface area contributed by atoms with Gasteiger partial charge in [0, 0.05) is 13.0 Å². The number of hydrogen-bond acceptors (Lipinski definition) is 5. The molecule has 7 nitrogen and oxygen atoms in total. The summed E-state index contributed by atoms with van der Waals surface area (Å²) >= 11 is 0. The van der Waals surface area contributed by atoms with Crippen LogP contribution in [0.2, 0.25) is 0 Å². The van der Waals surface area contributed by atoms with Crippen LogP contribution in [0.15, 0.2) is 29.1 Å². The lowest BCUT2D eigenvalue weighted by atomic mass is 9.99. The zero-order valence-corrected chi connectivity index (χ0v) is 13.5. The van der Waals surface area contributed by atoms with Gasteiger partial charge >= 0.3 is 0 Å². The van der Waals surface area contributed by atoms with Crippen LogP contribution >= 0.6 is 0 Å². The van der Waals surface area contributed by atoms with Gasteiger partial charge in [0.15, 0.2) is 5.82 Å². The Hall–Kier alpha value is -2.72. The fourth-order valence-electron chi connectivity index (χ4n) is 3.41. The minimum absolute atomic E-state index is 0.0631. The summed E-state index contributed by atoms with van der Waals surface area (Å²) in [4.78, 5) is 14.7. The third-order valence-electron chi connectivity index (χ3n) is 4.83. The summed E-state index contributed by atoms with van der Waals surface area (Å²) in [7, 11) is 1.72. The second-order valence-corrected chi connectivity index (χ2v) is 6.31. The van der Waals surface area contributed by atoms with Gasteiger partial charge in [0.2, 0.25) is 5.78 Å². The molecular formula is C17H18N6O. The lowest BCUT2D eigenvalue weighted by Gasteiger charge is -2.28. The number of likely N-dealkylation sites (tertiary alicyclic amines) is 1. The highest BCUT2D eigenvalue weighted by Gasteiger charge is 2.21. The molecule has 1 fully saturated rings. The summed E-state index contributed by atoms with van der Waals surface area (Å²) in [5, 5.41) is 18.2. The Bertz CT molecular complexity index is 1000. The first-order valence-electron chi connectivity index (χ1n) is 8.12. The molecule has 3 aromatic rings. The second kappa shape index (κ2) is 5.73. The van der Waals surface area contributed by atoms with E-state index in [2.05, 4.69) is 21.2 Å². The standard InChI is InChI=1S/C17H18N6O/c1-21-16(24)13-4-2-3-5-14(13)23-15(19-20-17(21)23)11-22-8-6-12(10-18)7-9-22/h2-5,12H,6-9,11H2,1H3. The van der Waals surface area contributed by atoms with Crippen molar-refractivity contribution in [1.82, 2.24) is 24.1 Å². The molecule has 0 atom stereocenters. The smallest absolute Gasteiger partial charge is 0.262 e. The van der Waals surface area contributed by atoms with Crippen molar-refractivity contribution in [3.63, 3.8) is 0 Å². The maximum atomic E-state index is 12.5. The van der Waals surface area contributed by atoms with E-state index in [4.69, 9.17) is 5.26 Å². The van der Waals surface area contributed by atoms with Crippen LogP contribution in [0.1, 0.15) is 18.7 Å². The number of benzene rings is 1. The van der Waals surface area contributed by atoms with Gasteiger partial charge < -0.3 is 0 Å². The quantitative estimate of drug-likeness (QED) is 0.711. The van der Waals surface area contributed by atoms with E-state index in [9.17, 15) is 4.79 Å². The van der Waals surface area contributed by atoms with Crippen molar-refractivity contribution in [2.75, 3.05) is 13.1 Å². The molecule has 0 radical (unpaired) electrons. The Balaban J connectivity index is 1.78. The predicted molar refractivity (Wildman–Crippen MR) is 89.3 cm³/mol. The van der Waals surface area contributed by atoms with Crippen molar-refractivity contribution in [2.24, 2.45) is 13.0 Å². The maximum Gasteiger partial charge on any atom is 0.262 e. The minimum Gasteiger partial charge on any atom is -0.296 e. The summed E-state index contributed by atoms with van der Waals surface area (Å²) in [5.74, 6) is 1.55. The molecule has 3 heterocycles. The van der Waals surface area contributed by atoms with E-state index < -0.39 is 0 Å². The van der Waals surface area contributed by atoms with Crippen molar-refractivity contribution in [3.8, 4) is 6.07 Å². The number of aromatic nitrogens is 4. The van der Waals surface area contributed by atoms with Crippen LogP contribution in [0.25, 0.3) is 16.7 Å². The maximum absolute atomic E-state index is 12.5. The van der Waals surface area contributed by atoms with E-state index in [1.54, 1.807) is 11.6 Å². The average Bonchev–Trinajstić information content (AvgIpc) is 3.04. The monoisotopic (exact) mass is 322 g/mol. The number of aryl methyl sites for hydroxylation is 1. The van der Waals surface area contributed by atoms with Crippen molar-refractivity contribution in [1.29, 1.82) is 5.26 Å². The summed E-state index contributed by atoms with van der Waals surface area (Å²) in [5.41, 5.74) is 0.773. The first-order valence-corrected chi connectivity index (χ1v) is 8.12. The molecule has 0 saturated carbocycles. The van der Waals surface area contributed by atoms with Gasteiger partial charge in [-0.1, -0.05) is 12.1 Å². The Morgan fingerprint density at radius 1 is 1.25 bits per heavy atom. The molecule has 0 amide bonds. The lowest BCUT2D eigenvalue weighted by molar-refractivity contribution is 0.193. The molecule has 1 aliphatic heterocycles. The highest BCUT2D eigenvalue weighted by Crippen LogP contribution is 2.19. The molecule has 1 saturated heterocycles. The van der Waals surface area contributed by atoms with Gasteiger partial charge in [0.05, 0.1) is 23.5 Å². The van der Waals surface area contributed by atoms with Gasteiger partial charge in [-0.05, 0) is 38.1 Å². The van der Waals surface area contributed by atoms with Crippen LogP contribution < -0.4 is 5.56 Å². The van der Waals surface area contributed by atoms with Crippen LogP contribution in [0.5, 0.6) is 0 Å². The van der Waals surface area contributed by atoms with Crippen LogP contribution in [0.4, 0.5) is 0 Å². The van der Waals surface area contributed by atoms with Crippen molar-refractivity contribution in [3.05, 3.63) is 40.4 Å². The Morgan fingerprint density at radius 3 is 2.75 bits per heavy atom. The first-order chi connectivity index (χ1) is 11.7. The third kappa shape index (κ3) is 2.27. The Morgan fingerprint density at radius 2 is 2.00 bits per heavy atom. The molecule has 1 aliphatic rings. The van der Waals surface area contributed by atoms with Crippen LogP contribution in [0.3, 0.4) is 0 Å². The lowest BCUT2D eigenvalue weighted by Crippen LogP contribution is -2.33. The summed E-state index contributed by atoms with van der Waals surface area (Å²) in [6.45, 7) is 2.44. The third-order valence-corrected chi connectivity index (χ3v) is 4.83. The predicted octanol–water partition coefficient (Wildman–Crippen LogP) is 1.32. The molecule has 0 N–H and O–H groups in total. The molecule has 24 heavy (non-hydrogen) atoms. The zero-order valence-electron chi connectivity index (χ0n) is 13.5. The number of para-hydroxylation sites is 1. The van der Waals surface area contributed by atoms with Crippen LogP contribution in [0, 0.1) is 17.2 Å². The normalized spacial score (nSPS) is 16.7. The molecule has 2 aromatic heterocycles. The van der Waals surface area contributed by atoms with Gasteiger partial charge in [0.25, 0.3) is 5.56 Å². The van der Waals surface area contributed by atoms with Gasteiger partial charge in [0.1, 0.15) is 0 Å². The highest BCUT2D eigenvalue weighted by molar-refractivity contribution is 5.80. The number of nitriles is 1. The molecular weight excluding hydrogens is 304 g/mol. The van der Waals surface area contributed by atoms with E-state index in [-0.39, 0.29) is 11.5 Å². The van der Waals surface area contributed by atoms with Crippen LogP contribution in [-0.2, 0) is 13.6 Å². The van der Waals surface area contributed by atoms with Crippen LogP contribution in [-0.4, -0.2) is 37.2 Å². The second-order valence-electron chi connectivity index (χ2n) is 6.31. The number of rotatable bonds is 2. The average molecular weight is 322 g/mol. The molecule has 0 spiro atoms. The van der Waals surface area contributed by atoms with Crippen molar-refractivity contribution < 1.29 is 0 Å². The number of fused-ring (bicyclic) bond motifs is 3. The molecule has 0 aliphatic carbocycles. The highest BCUT2D eigenvalue weighted by atomic mass is 16.1. The first kappa shape index (κ1) is 14.8. The SMILES string of the molecule is Cn1c(=O)c2ccccc2n2c(CN3CCC(C#N)CC3)nnc12. The zero-order chi connectivity index (χ0) is 16.7. The van der Waals surface area contributed by atoms with E-state index in [0.29, 0.717) is 17.7 Å². The van der Waals surface area contributed by atoms with E-state index >= 15 is 0 Å². The van der Waals surface area contributed by atoms with E-state index in [0.717, 1.165) is 37.3 Å². The van der Waals surface area contributed by atoms with Gasteiger partial charge in [-0.25, -0.2) is 0 Å². The number of hydrogen-bond donors (Lipinski definition) is 0. The molecule has 0 unspecified atom stereocenters. The Kier molecular flexibility index (Phi) is 3.54. The Labute approximate surface area is 138 Å². The fourth-order valence-corrected chi connectivity index (χ4v) is 3.41. The van der Waals surface area contributed by atoms with Gasteiger partial charge in [-0.15, -0.1) is 10.2 Å². The van der Waals surface area contributed by atoms with E-state index in [1.807, 2.05) is 28.7 Å². The minimum atomic E-state index is -0.0631. The summed E-state index contributed by atoms with van der Waals surface area (Å²) < 4.78 is 3.51. The summed E-state index contributed by atoms with van der Waals surface area (Å²) in [6, 6.07) is 9.90. The molecule has 7 heteroatoms. The van der Waals surface area contributed by atoms with Crippen molar-refractivity contribution >= 4 is 16.7 Å². The van der Waals surface area contributed by atoms with Crippen molar-refractivity contribution in [2.45, 2.75) is 19.4 Å². The molecule has 0 bridgehead atoms.